The van der Waals surface area contributed by atoms with Gasteiger partial charge in [-0.2, -0.15) is 0 Å². The fourth-order valence-corrected chi connectivity index (χ4v) is 4.27. The highest BCUT2D eigenvalue weighted by molar-refractivity contribution is 5.94. The molecule has 146 valence electrons. The number of benzene rings is 2. The van der Waals surface area contributed by atoms with Gasteiger partial charge in [-0.1, -0.05) is 54.6 Å². The Morgan fingerprint density at radius 1 is 1.10 bits per heavy atom. The maximum Gasteiger partial charge on any atom is 0.411 e. The van der Waals surface area contributed by atoms with E-state index in [1.165, 1.54) is 16.5 Å². The zero-order valence-corrected chi connectivity index (χ0v) is 16.0. The molecule has 2 unspecified atom stereocenters. The molecule has 2 aliphatic heterocycles. The highest BCUT2D eigenvalue weighted by Gasteiger charge is 2.39. The Hall–Kier alpha value is -3.18. The van der Waals surface area contributed by atoms with Crippen LogP contribution >= 0.6 is 0 Å². The third kappa shape index (κ3) is 3.49. The first kappa shape index (κ1) is 17.9. The molecule has 2 aromatic carbocycles. The van der Waals surface area contributed by atoms with Gasteiger partial charge in [0.15, 0.2) is 0 Å². The third-order valence-electron chi connectivity index (χ3n) is 5.64. The molecule has 0 N–H and O–H groups in total. The summed E-state index contributed by atoms with van der Waals surface area (Å²) in [6.45, 7) is 1.29. The predicted octanol–water partition coefficient (Wildman–Crippen LogP) is 4.43. The Morgan fingerprint density at radius 3 is 2.86 bits per heavy atom. The normalized spacial score (nSPS) is 21.0. The Labute approximate surface area is 169 Å². The van der Waals surface area contributed by atoms with Crippen LogP contribution < -0.4 is 0 Å². The molecule has 3 heterocycles. The Bertz CT molecular complexity index is 1060. The highest BCUT2D eigenvalue weighted by Crippen LogP contribution is 2.35. The molecule has 0 spiro atoms. The lowest BCUT2D eigenvalue weighted by Crippen LogP contribution is -2.56. The van der Waals surface area contributed by atoms with Gasteiger partial charge in [0.1, 0.15) is 6.61 Å². The van der Waals surface area contributed by atoms with E-state index in [0.29, 0.717) is 13.2 Å². The van der Waals surface area contributed by atoms with Gasteiger partial charge in [-0.25, -0.2) is 4.79 Å². The van der Waals surface area contributed by atoms with Gasteiger partial charge in [0, 0.05) is 17.8 Å². The number of amides is 1. The second-order valence-electron chi connectivity index (χ2n) is 7.50. The predicted molar refractivity (Wildman–Crippen MR) is 111 cm³/mol. The minimum absolute atomic E-state index is 0.0241. The first-order valence-corrected chi connectivity index (χ1v) is 9.90. The van der Waals surface area contributed by atoms with Gasteiger partial charge in [0.05, 0.1) is 25.3 Å². The van der Waals surface area contributed by atoms with Gasteiger partial charge in [-0.05, 0) is 34.6 Å². The van der Waals surface area contributed by atoms with Gasteiger partial charge in [-0.15, -0.1) is 0 Å². The topological polar surface area (TPSA) is 51.7 Å². The van der Waals surface area contributed by atoms with Crippen molar-refractivity contribution in [1.82, 2.24) is 9.88 Å². The van der Waals surface area contributed by atoms with Crippen molar-refractivity contribution in [3.05, 3.63) is 84.2 Å². The van der Waals surface area contributed by atoms with Gasteiger partial charge in [-0.3, -0.25) is 9.88 Å². The average molecular weight is 386 g/mol. The molecule has 2 bridgehead atoms. The molecular weight excluding hydrogens is 364 g/mol. The number of pyridine rings is 1. The van der Waals surface area contributed by atoms with Crippen molar-refractivity contribution in [2.45, 2.75) is 25.1 Å². The molecule has 0 aliphatic carbocycles. The second kappa shape index (κ2) is 7.68. The van der Waals surface area contributed by atoms with Crippen LogP contribution in [0.2, 0.25) is 0 Å². The van der Waals surface area contributed by atoms with E-state index in [1.807, 2.05) is 53.7 Å². The SMILES string of the molecule is O=C(OCc1ccccc1)N1C2C=C(c3cccc4ccncc34)CC1COC2. The average Bonchev–Trinajstić information content (AvgIpc) is 2.77. The summed E-state index contributed by atoms with van der Waals surface area (Å²) in [4.78, 5) is 19.0. The number of ether oxygens (including phenoxy) is 2. The summed E-state index contributed by atoms with van der Waals surface area (Å²) in [5, 5.41) is 2.31. The molecular formula is C24H22N2O3. The van der Waals surface area contributed by atoms with Gasteiger partial charge in [0.25, 0.3) is 0 Å². The van der Waals surface area contributed by atoms with Gasteiger partial charge in [0.2, 0.25) is 0 Å². The van der Waals surface area contributed by atoms with Crippen LogP contribution in [0.1, 0.15) is 17.5 Å². The van der Waals surface area contributed by atoms with E-state index >= 15 is 0 Å². The lowest BCUT2D eigenvalue weighted by atomic mass is 9.88. The summed E-state index contributed by atoms with van der Waals surface area (Å²) in [6.07, 6.45) is 6.35. The van der Waals surface area contributed by atoms with Gasteiger partial charge >= 0.3 is 6.09 Å². The highest BCUT2D eigenvalue weighted by atomic mass is 16.6. The quantitative estimate of drug-likeness (QED) is 0.668. The maximum atomic E-state index is 12.8. The van der Waals surface area contributed by atoms with Crippen LogP contribution in [-0.2, 0) is 16.1 Å². The third-order valence-corrected chi connectivity index (χ3v) is 5.64. The second-order valence-corrected chi connectivity index (χ2v) is 7.50. The molecule has 5 heteroatoms. The van der Waals surface area contributed by atoms with E-state index in [2.05, 4.69) is 29.3 Å². The lowest BCUT2D eigenvalue weighted by Gasteiger charge is -2.43. The van der Waals surface area contributed by atoms with Crippen LogP contribution in [-0.4, -0.2) is 41.3 Å². The number of carbonyl (C=O) groups is 1. The monoisotopic (exact) mass is 386 g/mol. The molecule has 1 saturated heterocycles. The first-order valence-electron chi connectivity index (χ1n) is 9.90. The zero-order valence-electron chi connectivity index (χ0n) is 16.0. The minimum Gasteiger partial charge on any atom is -0.445 e. The Kier molecular flexibility index (Phi) is 4.74. The first-order chi connectivity index (χ1) is 14.3. The summed E-state index contributed by atoms with van der Waals surface area (Å²) >= 11 is 0. The van der Waals surface area contributed by atoms with E-state index in [0.717, 1.165) is 17.4 Å². The zero-order chi connectivity index (χ0) is 19.6. The van der Waals surface area contributed by atoms with Crippen molar-refractivity contribution in [2.24, 2.45) is 0 Å². The molecule has 2 atom stereocenters. The van der Waals surface area contributed by atoms with Crippen LogP contribution in [0.15, 0.2) is 73.1 Å². The smallest absolute Gasteiger partial charge is 0.411 e. The van der Waals surface area contributed by atoms with Gasteiger partial charge < -0.3 is 9.47 Å². The summed E-state index contributed by atoms with van der Waals surface area (Å²) < 4.78 is 11.4. The number of rotatable bonds is 3. The number of hydrogen-bond donors (Lipinski definition) is 0. The fraction of sp³-hybridized carbons (Fsp3) is 0.250. The van der Waals surface area contributed by atoms with Crippen LogP contribution in [0.5, 0.6) is 0 Å². The fourth-order valence-electron chi connectivity index (χ4n) is 4.27. The van der Waals surface area contributed by atoms with Crippen molar-refractivity contribution in [3.8, 4) is 0 Å². The van der Waals surface area contributed by atoms with Crippen LogP contribution in [0.25, 0.3) is 16.3 Å². The summed E-state index contributed by atoms with van der Waals surface area (Å²) in [5.74, 6) is 0. The largest absolute Gasteiger partial charge is 0.445 e. The van der Waals surface area contributed by atoms with Crippen LogP contribution in [0.3, 0.4) is 0 Å². The lowest BCUT2D eigenvalue weighted by molar-refractivity contribution is -0.0342. The molecule has 5 rings (SSSR count). The molecule has 3 aromatic rings. The van der Waals surface area contributed by atoms with E-state index < -0.39 is 0 Å². The van der Waals surface area contributed by atoms with Crippen LogP contribution in [0, 0.1) is 0 Å². The number of morpholine rings is 1. The van der Waals surface area contributed by atoms with Crippen molar-refractivity contribution in [1.29, 1.82) is 0 Å². The molecule has 1 fully saturated rings. The van der Waals surface area contributed by atoms with E-state index in [1.54, 1.807) is 0 Å². The standard InChI is InChI=1S/C24H22N2O3/c27-24(29-14-17-5-2-1-3-6-17)26-20-11-19(12-21(26)16-28-15-20)22-8-4-7-18-9-10-25-13-23(18)22/h1-11,13,20-21H,12,14-16H2. The number of nitrogens with zero attached hydrogens (tertiary/aromatic N) is 2. The number of carbonyl (C=O) groups excluding carboxylic acids is 1. The number of fused-ring (bicyclic) bond motifs is 3. The molecule has 2 aliphatic rings. The van der Waals surface area contributed by atoms with Crippen molar-refractivity contribution in [3.63, 3.8) is 0 Å². The van der Waals surface area contributed by atoms with Crippen LogP contribution in [0.4, 0.5) is 4.79 Å². The summed E-state index contributed by atoms with van der Waals surface area (Å²) in [7, 11) is 0. The molecule has 1 amide bonds. The number of hydrogen-bond acceptors (Lipinski definition) is 4. The molecule has 1 aromatic heterocycles. The minimum atomic E-state index is -0.276. The Balaban J connectivity index is 1.40. The van der Waals surface area contributed by atoms with Crippen molar-refractivity contribution >= 4 is 22.4 Å². The van der Waals surface area contributed by atoms with Crippen molar-refractivity contribution in [2.75, 3.05) is 13.2 Å². The van der Waals surface area contributed by atoms with E-state index in [4.69, 9.17) is 9.47 Å². The number of aromatic nitrogens is 1. The molecule has 0 saturated carbocycles. The molecule has 29 heavy (non-hydrogen) atoms. The van der Waals surface area contributed by atoms with E-state index in [-0.39, 0.29) is 24.8 Å². The summed E-state index contributed by atoms with van der Waals surface area (Å²) in [6, 6.07) is 18.0. The molecule has 5 nitrogen and oxygen atoms in total. The maximum absolute atomic E-state index is 12.8. The Morgan fingerprint density at radius 2 is 2.00 bits per heavy atom. The molecule has 0 radical (unpaired) electrons. The van der Waals surface area contributed by atoms with Crippen molar-refractivity contribution < 1.29 is 14.3 Å². The summed E-state index contributed by atoms with van der Waals surface area (Å²) in [5.41, 5.74) is 3.41. The van der Waals surface area contributed by atoms with E-state index in [9.17, 15) is 4.79 Å².